The molecular formula is C73H143NO5. The van der Waals surface area contributed by atoms with Gasteiger partial charge in [-0.05, 0) is 51.4 Å². The number of esters is 1. The van der Waals surface area contributed by atoms with E-state index in [1.165, 1.54) is 340 Å². The second-order valence-electron chi connectivity index (χ2n) is 25.3. The smallest absolute Gasteiger partial charge is 0.305 e. The summed E-state index contributed by atoms with van der Waals surface area (Å²) in [7, 11) is 0. The highest BCUT2D eigenvalue weighted by Gasteiger charge is 2.20. The number of aliphatic hydroxyl groups excluding tert-OH is 2. The fraction of sp³-hybridized carbons (Fsp3) is 0.945. The lowest BCUT2D eigenvalue weighted by atomic mass is 10.0. The Labute approximate surface area is 495 Å². The number of carbonyl (C=O) groups excluding carboxylic acids is 2. The van der Waals surface area contributed by atoms with Gasteiger partial charge in [-0.3, -0.25) is 9.59 Å². The largest absolute Gasteiger partial charge is 0.466 e. The zero-order chi connectivity index (χ0) is 57.1. The first kappa shape index (κ1) is 77.6. The molecule has 3 N–H and O–H groups in total. The minimum absolute atomic E-state index is 0.0118. The lowest BCUT2D eigenvalue weighted by Gasteiger charge is -2.22. The summed E-state index contributed by atoms with van der Waals surface area (Å²) >= 11 is 0. The van der Waals surface area contributed by atoms with Crippen molar-refractivity contribution in [3.63, 3.8) is 0 Å². The third-order valence-corrected chi connectivity index (χ3v) is 17.3. The Morgan fingerprint density at radius 1 is 0.342 bits per heavy atom. The molecule has 0 radical (unpaired) electrons. The summed E-state index contributed by atoms with van der Waals surface area (Å²) in [5.74, 6) is -0.0157. The monoisotopic (exact) mass is 1110 g/mol. The van der Waals surface area contributed by atoms with Gasteiger partial charge in [0.1, 0.15) is 0 Å². The Balaban J connectivity index is 3.34. The summed E-state index contributed by atoms with van der Waals surface area (Å²) in [5.41, 5.74) is 0. The number of allylic oxidation sites excluding steroid dienone is 2. The Bertz CT molecular complexity index is 1190. The Morgan fingerprint density at radius 2 is 0.595 bits per heavy atom. The lowest BCUT2D eigenvalue weighted by Crippen LogP contribution is -2.45. The molecule has 1 amide bonds. The van der Waals surface area contributed by atoms with Gasteiger partial charge in [-0.1, -0.05) is 366 Å². The van der Waals surface area contributed by atoms with Gasteiger partial charge in [-0.15, -0.1) is 0 Å². The second-order valence-corrected chi connectivity index (χ2v) is 25.3. The van der Waals surface area contributed by atoms with Gasteiger partial charge >= 0.3 is 5.97 Å². The van der Waals surface area contributed by atoms with Crippen molar-refractivity contribution in [1.82, 2.24) is 5.32 Å². The van der Waals surface area contributed by atoms with Gasteiger partial charge in [0, 0.05) is 12.8 Å². The molecular weight excluding hydrogens is 971 g/mol. The van der Waals surface area contributed by atoms with E-state index < -0.39 is 12.1 Å². The summed E-state index contributed by atoms with van der Waals surface area (Å²) in [5, 5.41) is 23.4. The van der Waals surface area contributed by atoms with E-state index in [1.807, 2.05) is 0 Å². The molecule has 0 aromatic rings. The number of hydrogen-bond donors (Lipinski definition) is 3. The maximum absolute atomic E-state index is 12.5. The van der Waals surface area contributed by atoms with Crippen molar-refractivity contribution >= 4 is 11.9 Å². The summed E-state index contributed by atoms with van der Waals surface area (Å²) in [6, 6.07) is -0.539. The third-order valence-electron chi connectivity index (χ3n) is 17.3. The number of rotatable bonds is 69. The van der Waals surface area contributed by atoms with Crippen LogP contribution in [0.15, 0.2) is 12.2 Å². The molecule has 6 nitrogen and oxygen atoms in total. The van der Waals surface area contributed by atoms with Crippen LogP contribution in [0.2, 0.25) is 0 Å². The van der Waals surface area contributed by atoms with E-state index in [9.17, 15) is 19.8 Å². The molecule has 0 bridgehead atoms. The minimum atomic E-state index is -0.662. The highest BCUT2D eigenvalue weighted by molar-refractivity contribution is 5.76. The minimum Gasteiger partial charge on any atom is -0.466 e. The summed E-state index contributed by atoms with van der Waals surface area (Å²) < 4.78 is 5.50. The first-order chi connectivity index (χ1) is 39.0. The highest BCUT2D eigenvalue weighted by Crippen LogP contribution is 2.19. The van der Waals surface area contributed by atoms with Crippen molar-refractivity contribution in [2.75, 3.05) is 13.2 Å². The Hall–Kier alpha value is -1.40. The average molecular weight is 1110 g/mol. The van der Waals surface area contributed by atoms with Gasteiger partial charge in [0.2, 0.25) is 5.91 Å². The average Bonchev–Trinajstić information content (AvgIpc) is 3.45. The Kier molecular flexibility index (Phi) is 67.9. The number of aliphatic hydroxyl groups is 2. The van der Waals surface area contributed by atoms with Crippen molar-refractivity contribution in [2.24, 2.45) is 0 Å². The molecule has 0 fully saturated rings. The zero-order valence-corrected chi connectivity index (χ0v) is 53.9. The number of nitrogens with one attached hydrogen (secondary N) is 1. The van der Waals surface area contributed by atoms with Crippen LogP contribution in [0, 0.1) is 0 Å². The standard InChI is InChI=1S/C73H143NO5/c1-3-5-7-9-11-13-15-17-19-21-31-34-37-41-45-49-53-57-61-65-71(76)70(69-75)74-72(77)66-62-58-54-50-46-42-38-35-32-29-27-25-23-22-24-26-28-30-33-36-40-44-48-52-56-60-64-68-79-73(78)67-63-59-55-51-47-43-39-20-18-16-14-12-10-8-6-4-2/h20,39,70-71,75-76H,3-19,21-38,40-69H2,1-2H3,(H,74,77)/b39-20-. The van der Waals surface area contributed by atoms with Crippen LogP contribution in [-0.4, -0.2) is 47.4 Å². The molecule has 0 aliphatic rings. The van der Waals surface area contributed by atoms with Crippen molar-refractivity contribution in [3.8, 4) is 0 Å². The molecule has 2 atom stereocenters. The van der Waals surface area contributed by atoms with Crippen LogP contribution in [0.1, 0.15) is 418 Å². The number of ether oxygens (including phenoxy) is 1. The molecule has 470 valence electrons. The van der Waals surface area contributed by atoms with Crippen LogP contribution in [0.4, 0.5) is 0 Å². The maximum atomic E-state index is 12.5. The van der Waals surface area contributed by atoms with E-state index in [0.717, 1.165) is 44.9 Å². The molecule has 2 unspecified atom stereocenters. The molecule has 0 rings (SSSR count). The zero-order valence-electron chi connectivity index (χ0n) is 53.9. The summed E-state index contributed by atoms with van der Waals surface area (Å²) in [6.07, 6.45) is 85.5. The van der Waals surface area contributed by atoms with Gasteiger partial charge in [0.05, 0.1) is 25.4 Å². The van der Waals surface area contributed by atoms with Gasteiger partial charge in [-0.25, -0.2) is 0 Å². The molecule has 0 spiro atoms. The van der Waals surface area contributed by atoms with Crippen LogP contribution in [0.3, 0.4) is 0 Å². The van der Waals surface area contributed by atoms with E-state index in [2.05, 4.69) is 31.3 Å². The predicted octanol–water partition coefficient (Wildman–Crippen LogP) is 23.5. The maximum Gasteiger partial charge on any atom is 0.305 e. The molecule has 0 saturated carbocycles. The van der Waals surface area contributed by atoms with Crippen LogP contribution < -0.4 is 5.32 Å². The molecule has 0 saturated heterocycles. The van der Waals surface area contributed by atoms with Crippen molar-refractivity contribution in [3.05, 3.63) is 12.2 Å². The highest BCUT2D eigenvalue weighted by atomic mass is 16.5. The van der Waals surface area contributed by atoms with Gasteiger partial charge in [-0.2, -0.15) is 0 Å². The van der Waals surface area contributed by atoms with Crippen molar-refractivity contribution in [2.45, 2.75) is 431 Å². The summed E-state index contributed by atoms with van der Waals surface area (Å²) in [4.78, 5) is 24.6. The topological polar surface area (TPSA) is 95.9 Å². The first-order valence-corrected chi connectivity index (χ1v) is 36.4. The number of carbonyl (C=O) groups is 2. The lowest BCUT2D eigenvalue weighted by molar-refractivity contribution is -0.143. The van der Waals surface area contributed by atoms with Crippen LogP contribution in [0.5, 0.6) is 0 Å². The Morgan fingerprint density at radius 3 is 0.899 bits per heavy atom. The quantitative estimate of drug-likeness (QED) is 0.0320. The van der Waals surface area contributed by atoms with E-state index in [4.69, 9.17) is 4.74 Å². The van der Waals surface area contributed by atoms with E-state index in [-0.39, 0.29) is 18.5 Å². The number of amides is 1. The third kappa shape index (κ3) is 65.6. The normalized spacial score (nSPS) is 12.5. The van der Waals surface area contributed by atoms with Gasteiger partial charge < -0.3 is 20.3 Å². The van der Waals surface area contributed by atoms with Crippen molar-refractivity contribution in [1.29, 1.82) is 0 Å². The van der Waals surface area contributed by atoms with E-state index in [1.54, 1.807) is 0 Å². The fourth-order valence-corrected chi connectivity index (χ4v) is 11.8. The van der Waals surface area contributed by atoms with Crippen LogP contribution in [-0.2, 0) is 14.3 Å². The fourth-order valence-electron chi connectivity index (χ4n) is 11.8. The molecule has 6 heteroatoms. The number of hydrogen-bond acceptors (Lipinski definition) is 5. The second kappa shape index (κ2) is 69.1. The number of unbranched alkanes of at least 4 members (excludes halogenated alkanes) is 56. The van der Waals surface area contributed by atoms with E-state index in [0.29, 0.717) is 25.9 Å². The van der Waals surface area contributed by atoms with Gasteiger partial charge in [0.25, 0.3) is 0 Å². The molecule has 0 heterocycles. The van der Waals surface area contributed by atoms with Gasteiger partial charge in [0.15, 0.2) is 0 Å². The molecule has 0 aliphatic heterocycles. The van der Waals surface area contributed by atoms with Crippen LogP contribution in [0.25, 0.3) is 0 Å². The van der Waals surface area contributed by atoms with Crippen LogP contribution >= 0.6 is 0 Å². The predicted molar refractivity (Wildman–Crippen MR) is 347 cm³/mol. The molecule has 79 heavy (non-hydrogen) atoms. The summed E-state index contributed by atoms with van der Waals surface area (Å²) in [6.45, 7) is 4.99. The molecule has 0 aromatic carbocycles. The first-order valence-electron chi connectivity index (χ1n) is 36.4. The molecule has 0 aromatic heterocycles. The van der Waals surface area contributed by atoms with Crippen molar-refractivity contribution < 1.29 is 24.5 Å². The van der Waals surface area contributed by atoms with E-state index >= 15 is 0 Å². The SMILES string of the molecule is CCCCCCCCC/C=C\CCCCCCCC(=O)OCCCCCCCCCCCCCCCCCCCCCCCCCCCCCC(=O)NC(CO)C(O)CCCCCCCCCCCCCCCCCCCCC. The molecule has 0 aliphatic carbocycles.